The van der Waals surface area contributed by atoms with Crippen molar-refractivity contribution in [2.75, 3.05) is 54.2 Å². The predicted molar refractivity (Wildman–Crippen MR) is 90.0 cm³/mol. The minimum atomic E-state index is -0.405. The molecule has 0 saturated heterocycles. The maximum Gasteiger partial charge on any atom is 0.307 e. The molecule has 0 bridgehead atoms. The lowest BCUT2D eigenvalue weighted by Gasteiger charge is -2.23. The lowest BCUT2D eigenvalue weighted by molar-refractivity contribution is -0.140. The molecule has 1 aromatic rings. The molecule has 8 nitrogen and oxygen atoms in total. The standard InChI is InChI=1S/C17H25NO7/c1-22-14-10-13(11-15(12-14)23-2)17(21)18(5-4-16(20)24-3)6-8-25-9-7-19/h10-12,19H,4-9H2,1-3H3. The van der Waals surface area contributed by atoms with Gasteiger partial charge in [-0.2, -0.15) is 0 Å². The molecule has 140 valence electrons. The number of rotatable bonds is 11. The Balaban J connectivity index is 2.90. The number of hydrogen-bond donors (Lipinski definition) is 1. The Labute approximate surface area is 147 Å². The molecule has 0 unspecified atom stereocenters. The minimum Gasteiger partial charge on any atom is -0.497 e. The molecule has 1 aromatic carbocycles. The molecule has 0 aliphatic heterocycles. The number of methoxy groups -OCH3 is 3. The van der Waals surface area contributed by atoms with E-state index in [1.807, 2.05) is 0 Å². The third-order valence-electron chi connectivity index (χ3n) is 3.44. The number of hydrogen-bond acceptors (Lipinski definition) is 7. The van der Waals surface area contributed by atoms with E-state index in [1.165, 1.54) is 26.2 Å². The van der Waals surface area contributed by atoms with Crippen molar-refractivity contribution in [2.45, 2.75) is 6.42 Å². The van der Waals surface area contributed by atoms with Crippen LogP contribution < -0.4 is 9.47 Å². The van der Waals surface area contributed by atoms with E-state index in [-0.39, 0.29) is 45.2 Å². The summed E-state index contributed by atoms with van der Waals surface area (Å²) in [5, 5.41) is 8.75. The fourth-order valence-electron chi connectivity index (χ4n) is 2.10. The summed E-state index contributed by atoms with van der Waals surface area (Å²) in [6, 6.07) is 4.87. The van der Waals surface area contributed by atoms with Crippen LogP contribution in [0.25, 0.3) is 0 Å². The fourth-order valence-corrected chi connectivity index (χ4v) is 2.10. The zero-order valence-corrected chi connectivity index (χ0v) is 14.8. The zero-order valence-electron chi connectivity index (χ0n) is 14.8. The van der Waals surface area contributed by atoms with Crippen LogP contribution in [0.2, 0.25) is 0 Å². The molecule has 0 atom stereocenters. The Morgan fingerprint density at radius 3 is 2.16 bits per heavy atom. The van der Waals surface area contributed by atoms with E-state index >= 15 is 0 Å². The van der Waals surface area contributed by atoms with E-state index in [1.54, 1.807) is 18.2 Å². The molecule has 0 saturated carbocycles. The first-order valence-corrected chi connectivity index (χ1v) is 7.83. The van der Waals surface area contributed by atoms with Crippen LogP contribution >= 0.6 is 0 Å². The van der Waals surface area contributed by atoms with Crippen LogP contribution in [0.3, 0.4) is 0 Å². The second-order valence-electron chi connectivity index (χ2n) is 5.06. The first-order chi connectivity index (χ1) is 12.0. The van der Waals surface area contributed by atoms with Gasteiger partial charge in [-0.25, -0.2) is 0 Å². The highest BCUT2D eigenvalue weighted by Crippen LogP contribution is 2.23. The van der Waals surface area contributed by atoms with Crippen LogP contribution in [0.1, 0.15) is 16.8 Å². The van der Waals surface area contributed by atoms with Gasteiger partial charge in [0.15, 0.2) is 0 Å². The van der Waals surface area contributed by atoms with Gasteiger partial charge in [0.2, 0.25) is 0 Å². The molecule has 1 N–H and O–H groups in total. The number of carbonyl (C=O) groups excluding carboxylic acids is 2. The Hall–Kier alpha value is -2.32. The van der Waals surface area contributed by atoms with Gasteiger partial charge in [-0.1, -0.05) is 0 Å². The highest BCUT2D eigenvalue weighted by molar-refractivity contribution is 5.95. The quantitative estimate of drug-likeness (QED) is 0.462. The molecule has 0 spiro atoms. The van der Waals surface area contributed by atoms with Gasteiger partial charge in [-0.3, -0.25) is 9.59 Å². The third kappa shape index (κ3) is 6.98. The number of amides is 1. The average molecular weight is 355 g/mol. The van der Waals surface area contributed by atoms with E-state index < -0.39 is 5.97 Å². The van der Waals surface area contributed by atoms with Crippen molar-refractivity contribution in [1.29, 1.82) is 0 Å². The highest BCUT2D eigenvalue weighted by Gasteiger charge is 2.19. The van der Waals surface area contributed by atoms with Gasteiger partial charge in [0.1, 0.15) is 11.5 Å². The van der Waals surface area contributed by atoms with Crippen molar-refractivity contribution in [1.82, 2.24) is 4.90 Å². The third-order valence-corrected chi connectivity index (χ3v) is 3.44. The van der Waals surface area contributed by atoms with E-state index in [2.05, 4.69) is 4.74 Å². The summed E-state index contributed by atoms with van der Waals surface area (Å²) in [5.74, 6) is 0.297. The summed E-state index contributed by atoms with van der Waals surface area (Å²) in [4.78, 5) is 25.7. The SMILES string of the molecule is COC(=O)CCN(CCOCCO)C(=O)c1cc(OC)cc(OC)c1. The molecule has 1 amide bonds. The largest absolute Gasteiger partial charge is 0.497 e. The molecular weight excluding hydrogens is 330 g/mol. The van der Waals surface area contributed by atoms with Crippen molar-refractivity contribution in [3.63, 3.8) is 0 Å². The van der Waals surface area contributed by atoms with Crippen molar-refractivity contribution < 1.29 is 33.6 Å². The number of ether oxygens (including phenoxy) is 4. The monoisotopic (exact) mass is 355 g/mol. The Kier molecular flexibility index (Phi) is 9.34. The van der Waals surface area contributed by atoms with Crippen LogP contribution in [0, 0.1) is 0 Å². The summed E-state index contributed by atoms with van der Waals surface area (Å²) in [6.07, 6.45) is 0.0728. The topological polar surface area (TPSA) is 94.5 Å². The molecule has 8 heteroatoms. The first-order valence-electron chi connectivity index (χ1n) is 7.83. The average Bonchev–Trinajstić information content (AvgIpc) is 2.65. The van der Waals surface area contributed by atoms with Gasteiger partial charge in [0, 0.05) is 24.7 Å². The molecule has 0 aliphatic carbocycles. The Bertz CT molecular complexity index is 540. The first kappa shape index (κ1) is 20.7. The minimum absolute atomic E-state index is 0.0728. The van der Waals surface area contributed by atoms with E-state index in [4.69, 9.17) is 19.3 Å². The molecule has 0 radical (unpaired) electrons. The summed E-state index contributed by atoms with van der Waals surface area (Å²) in [6.45, 7) is 0.798. The Morgan fingerprint density at radius 2 is 1.64 bits per heavy atom. The van der Waals surface area contributed by atoms with Crippen molar-refractivity contribution in [2.24, 2.45) is 0 Å². The number of aliphatic hydroxyl groups is 1. The van der Waals surface area contributed by atoms with Crippen LogP contribution in [-0.2, 0) is 14.3 Å². The normalized spacial score (nSPS) is 10.2. The van der Waals surface area contributed by atoms with Crippen molar-refractivity contribution in [3.8, 4) is 11.5 Å². The highest BCUT2D eigenvalue weighted by atomic mass is 16.5. The van der Waals surface area contributed by atoms with Crippen LogP contribution in [-0.4, -0.2) is 76.1 Å². The van der Waals surface area contributed by atoms with Gasteiger partial charge in [0.05, 0.1) is 47.6 Å². The summed E-state index contributed by atoms with van der Waals surface area (Å²) >= 11 is 0. The predicted octanol–water partition coefficient (Wildman–Crippen LogP) is 0.718. The van der Waals surface area contributed by atoms with Gasteiger partial charge in [-0.15, -0.1) is 0 Å². The molecule has 0 fully saturated rings. The van der Waals surface area contributed by atoms with Crippen molar-refractivity contribution in [3.05, 3.63) is 23.8 Å². The zero-order chi connectivity index (χ0) is 18.7. The molecule has 1 rings (SSSR count). The molecule has 0 heterocycles. The summed E-state index contributed by atoms with van der Waals surface area (Å²) in [7, 11) is 4.30. The van der Waals surface area contributed by atoms with Gasteiger partial charge in [-0.05, 0) is 12.1 Å². The van der Waals surface area contributed by atoms with Gasteiger partial charge >= 0.3 is 5.97 Å². The maximum absolute atomic E-state index is 12.8. The second kappa shape index (κ2) is 11.3. The van der Waals surface area contributed by atoms with Crippen LogP contribution in [0.4, 0.5) is 0 Å². The summed E-state index contributed by atoms with van der Waals surface area (Å²) in [5.41, 5.74) is 0.378. The Morgan fingerprint density at radius 1 is 1.00 bits per heavy atom. The lowest BCUT2D eigenvalue weighted by atomic mass is 10.1. The number of esters is 1. The molecule has 25 heavy (non-hydrogen) atoms. The smallest absolute Gasteiger partial charge is 0.307 e. The summed E-state index contributed by atoms with van der Waals surface area (Å²) < 4.78 is 20.2. The van der Waals surface area contributed by atoms with E-state index in [0.29, 0.717) is 17.1 Å². The van der Waals surface area contributed by atoms with Crippen LogP contribution in [0.15, 0.2) is 18.2 Å². The van der Waals surface area contributed by atoms with Gasteiger partial charge < -0.3 is 29.0 Å². The number of aliphatic hydroxyl groups excluding tert-OH is 1. The lowest BCUT2D eigenvalue weighted by Crippen LogP contribution is -2.36. The van der Waals surface area contributed by atoms with Gasteiger partial charge in [0.25, 0.3) is 5.91 Å². The van der Waals surface area contributed by atoms with E-state index in [9.17, 15) is 9.59 Å². The molecular formula is C17H25NO7. The number of carbonyl (C=O) groups is 2. The van der Waals surface area contributed by atoms with Crippen LogP contribution in [0.5, 0.6) is 11.5 Å². The van der Waals surface area contributed by atoms with E-state index in [0.717, 1.165) is 0 Å². The maximum atomic E-state index is 12.8. The second-order valence-corrected chi connectivity index (χ2v) is 5.06. The molecule has 0 aromatic heterocycles. The van der Waals surface area contributed by atoms with Crippen molar-refractivity contribution >= 4 is 11.9 Å². The fraction of sp³-hybridized carbons (Fsp3) is 0.529. The molecule has 0 aliphatic rings. The number of nitrogens with zero attached hydrogens (tertiary/aromatic N) is 1. The number of benzene rings is 1.